The van der Waals surface area contributed by atoms with Crippen molar-refractivity contribution in [3.63, 3.8) is 0 Å². The van der Waals surface area contributed by atoms with Crippen molar-refractivity contribution in [3.8, 4) is 0 Å². The summed E-state index contributed by atoms with van der Waals surface area (Å²) >= 11 is 2.08. The lowest BCUT2D eigenvalue weighted by molar-refractivity contribution is 0.0526. The minimum absolute atomic E-state index is 0.0760. The zero-order valence-corrected chi connectivity index (χ0v) is 12.9. The Morgan fingerprint density at radius 3 is 2.72 bits per heavy atom. The molecule has 0 aliphatic rings. The van der Waals surface area contributed by atoms with Gasteiger partial charge in [0.05, 0.1) is 0 Å². The van der Waals surface area contributed by atoms with Crippen molar-refractivity contribution in [1.29, 1.82) is 0 Å². The number of hydrogen-bond acceptors (Lipinski definition) is 3. The lowest BCUT2D eigenvalue weighted by Gasteiger charge is -2.19. The first kappa shape index (κ1) is 15.0. The van der Waals surface area contributed by atoms with Crippen LogP contribution >= 0.6 is 22.6 Å². The minimum atomic E-state index is -0.510. The summed E-state index contributed by atoms with van der Waals surface area (Å²) in [6.07, 6.45) is 1.24. The SMILES string of the molecule is CC(C)(C)OC(=O)NCCn1ccc(I)cc1=O. The van der Waals surface area contributed by atoms with Crippen LogP contribution in [0.1, 0.15) is 20.8 Å². The largest absolute Gasteiger partial charge is 0.444 e. The average molecular weight is 364 g/mol. The Balaban J connectivity index is 2.43. The van der Waals surface area contributed by atoms with E-state index in [-0.39, 0.29) is 5.56 Å². The molecule has 0 atom stereocenters. The number of rotatable bonds is 3. The molecule has 0 saturated carbocycles. The van der Waals surface area contributed by atoms with Crippen LogP contribution in [0.15, 0.2) is 23.1 Å². The van der Waals surface area contributed by atoms with Crippen LogP contribution < -0.4 is 10.9 Å². The summed E-state index contributed by atoms with van der Waals surface area (Å²) in [5, 5.41) is 2.61. The summed E-state index contributed by atoms with van der Waals surface area (Å²) in [7, 11) is 0. The van der Waals surface area contributed by atoms with E-state index in [1.807, 2.05) is 6.07 Å². The molecule has 0 aromatic carbocycles. The molecule has 0 spiro atoms. The van der Waals surface area contributed by atoms with Crippen LogP contribution in [0.5, 0.6) is 0 Å². The van der Waals surface area contributed by atoms with E-state index >= 15 is 0 Å². The predicted octanol–water partition coefficient (Wildman–Crippen LogP) is 1.98. The molecule has 6 heteroatoms. The van der Waals surface area contributed by atoms with Crippen molar-refractivity contribution in [2.75, 3.05) is 6.54 Å². The maximum Gasteiger partial charge on any atom is 0.407 e. The fourth-order valence-corrected chi connectivity index (χ4v) is 1.69. The van der Waals surface area contributed by atoms with Crippen molar-refractivity contribution >= 4 is 28.7 Å². The Bertz CT molecular complexity index is 477. The molecule has 1 aromatic heterocycles. The number of carbonyl (C=O) groups is 1. The maximum atomic E-state index is 11.6. The molecule has 0 aliphatic carbocycles. The van der Waals surface area contributed by atoms with Crippen molar-refractivity contribution in [2.24, 2.45) is 0 Å². The molecule has 1 N–H and O–H groups in total. The fraction of sp³-hybridized carbons (Fsp3) is 0.500. The van der Waals surface area contributed by atoms with Gasteiger partial charge >= 0.3 is 6.09 Å². The maximum absolute atomic E-state index is 11.6. The van der Waals surface area contributed by atoms with Gasteiger partial charge in [-0.1, -0.05) is 0 Å². The van der Waals surface area contributed by atoms with Gasteiger partial charge in [-0.15, -0.1) is 0 Å². The number of pyridine rings is 1. The van der Waals surface area contributed by atoms with Crippen LogP contribution in [-0.4, -0.2) is 22.8 Å². The highest BCUT2D eigenvalue weighted by atomic mass is 127. The Kier molecular flexibility index (Phi) is 5.18. The quantitative estimate of drug-likeness (QED) is 0.835. The van der Waals surface area contributed by atoms with E-state index in [1.165, 1.54) is 0 Å². The Hall–Kier alpha value is -1.05. The third-order valence-electron chi connectivity index (χ3n) is 1.98. The topological polar surface area (TPSA) is 60.3 Å². The first-order valence-corrected chi connectivity index (χ1v) is 6.69. The van der Waals surface area contributed by atoms with Gasteiger partial charge < -0.3 is 14.6 Å². The van der Waals surface area contributed by atoms with Crippen molar-refractivity contribution in [3.05, 3.63) is 32.3 Å². The minimum Gasteiger partial charge on any atom is -0.444 e. The molecule has 0 saturated heterocycles. The van der Waals surface area contributed by atoms with Crippen molar-refractivity contribution < 1.29 is 9.53 Å². The molecule has 0 bridgehead atoms. The van der Waals surface area contributed by atoms with Crippen LogP contribution in [0.3, 0.4) is 0 Å². The number of ether oxygens (including phenoxy) is 1. The fourth-order valence-electron chi connectivity index (χ4n) is 1.26. The van der Waals surface area contributed by atoms with Gasteiger partial charge in [0.1, 0.15) is 5.60 Å². The number of aromatic nitrogens is 1. The van der Waals surface area contributed by atoms with E-state index in [0.717, 1.165) is 3.57 Å². The third-order valence-corrected chi connectivity index (χ3v) is 2.65. The van der Waals surface area contributed by atoms with E-state index in [0.29, 0.717) is 13.1 Å². The summed E-state index contributed by atoms with van der Waals surface area (Å²) in [6, 6.07) is 3.39. The van der Waals surface area contributed by atoms with Gasteiger partial charge in [-0.05, 0) is 49.4 Å². The molecule has 0 fully saturated rings. The highest BCUT2D eigenvalue weighted by Gasteiger charge is 2.15. The molecule has 0 radical (unpaired) electrons. The number of nitrogens with zero attached hydrogens (tertiary/aromatic N) is 1. The lowest BCUT2D eigenvalue weighted by Crippen LogP contribution is -2.35. The molecule has 1 amide bonds. The molecule has 1 aromatic rings. The van der Waals surface area contributed by atoms with Gasteiger partial charge in [0, 0.05) is 28.9 Å². The van der Waals surface area contributed by atoms with Gasteiger partial charge in [-0.25, -0.2) is 4.79 Å². The molecular weight excluding hydrogens is 347 g/mol. The highest BCUT2D eigenvalue weighted by molar-refractivity contribution is 14.1. The molecule has 0 unspecified atom stereocenters. The molecule has 100 valence electrons. The smallest absolute Gasteiger partial charge is 0.407 e. The second kappa shape index (κ2) is 6.21. The predicted molar refractivity (Wildman–Crippen MR) is 77.7 cm³/mol. The van der Waals surface area contributed by atoms with Gasteiger partial charge in [0.15, 0.2) is 0 Å². The number of amides is 1. The summed E-state index contributed by atoms with van der Waals surface area (Å²) in [5.41, 5.74) is -0.586. The van der Waals surface area contributed by atoms with Crippen molar-refractivity contribution in [2.45, 2.75) is 32.9 Å². The lowest BCUT2D eigenvalue weighted by atomic mass is 10.2. The van der Waals surface area contributed by atoms with Gasteiger partial charge in [-0.3, -0.25) is 4.79 Å². The van der Waals surface area contributed by atoms with Gasteiger partial charge in [-0.2, -0.15) is 0 Å². The van der Waals surface area contributed by atoms with E-state index in [9.17, 15) is 9.59 Å². The van der Waals surface area contributed by atoms with Gasteiger partial charge in [0.2, 0.25) is 0 Å². The van der Waals surface area contributed by atoms with Crippen LogP contribution in [0.4, 0.5) is 4.79 Å². The Morgan fingerprint density at radius 2 is 2.17 bits per heavy atom. The molecule has 5 nitrogen and oxygen atoms in total. The van der Waals surface area contributed by atoms with Gasteiger partial charge in [0.25, 0.3) is 5.56 Å². The summed E-state index contributed by atoms with van der Waals surface area (Å²) in [4.78, 5) is 22.9. The summed E-state index contributed by atoms with van der Waals surface area (Å²) in [5.74, 6) is 0. The number of halogens is 1. The number of nitrogens with one attached hydrogen (secondary N) is 1. The second-order valence-corrected chi connectivity index (χ2v) is 6.05. The zero-order chi connectivity index (χ0) is 13.8. The number of hydrogen-bond donors (Lipinski definition) is 1. The Morgan fingerprint density at radius 1 is 1.50 bits per heavy atom. The summed E-state index contributed by atoms with van der Waals surface area (Å²) < 4.78 is 7.52. The third kappa shape index (κ3) is 5.52. The normalized spacial score (nSPS) is 11.1. The van der Waals surface area contributed by atoms with E-state index in [4.69, 9.17) is 4.74 Å². The van der Waals surface area contributed by atoms with Crippen LogP contribution in [-0.2, 0) is 11.3 Å². The highest BCUT2D eigenvalue weighted by Crippen LogP contribution is 2.06. The molecule has 0 aliphatic heterocycles. The zero-order valence-electron chi connectivity index (χ0n) is 10.7. The van der Waals surface area contributed by atoms with Crippen molar-refractivity contribution in [1.82, 2.24) is 9.88 Å². The van der Waals surface area contributed by atoms with Crippen LogP contribution in [0.2, 0.25) is 0 Å². The standard InChI is InChI=1S/C12H17IN2O3/c1-12(2,3)18-11(17)14-5-7-15-6-4-9(13)8-10(15)16/h4,6,8H,5,7H2,1-3H3,(H,14,17). The number of carbonyl (C=O) groups excluding carboxylic acids is 1. The van der Waals surface area contributed by atoms with Crippen LogP contribution in [0, 0.1) is 3.57 Å². The molecule has 18 heavy (non-hydrogen) atoms. The average Bonchev–Trinajstić information content (AvgIpc) is 2.18. The van der Waals surface area contributed by atoms with Crippen LogP contribution in [0.25, 0.3) is 0 Å². The number of alkyl carbamates (subject to hydrolysis) is 1. The molecule has 1 rings (SSSR count). The first-order valence-electron chi connectivity index (χ1n) is 5.61. The van der Waals surface area contributed by atoms with E-state index < -0.39 is 11.7 Å². The monoisotopic (exact) mass is 364 g/mol. The van der Waals surface area contributed by atoms with E-state index in [2.05, 4.69) is 27.9 Å². The molecule has 1 heterocycles. The summed E-state index contributed by atoms with van der Waals surface area (Å²) in [6.45, 7) is 6.19. The molecular formula is C12H17IN2O3. The Labute approximate surface area is 120 Å². The first-order chi connectivity index (χ1) is 8.28. The van der Waals surface area contributed by atoms with E-state index in [1.54, 1.807) is 37.6 Å². The second-order valence-electron chi connectivity index (χ2n) is 4.81.